The van der Waals surface area contributed by atoms with Crippen molar-refractivity contribution in [3.05, 3.63) is 42.2 Å². The summed E-state index contributed by atoms with van der Waals surface area (Å²) in [6.07, 6.45) is 4.75. The lowest BCUT2D eigenvalue weighted by molar-refractivity contribution is -0.0523. The molecule has 0 radical (unpaired) electrons. The fourth-order valence-corrected chi connectivity index (χ4v) is 3.59. The normalized spacial score (nSPS) is 14.8. The maximum atomic E-state index is 13.1. The Labute approximate surface area is 183 Å². The van der Waals surface area contributed by atoms with Crippen LogP contribution in [0.25, 0.3) is 10.9 Å². The minimum atomic E-state index is -3.06. The molecule has 2 aromatic heterocycles. The van der Waals surface area contributed by atoms with Crippen molar-refractivity contribution < 1.29 is 27.8 Å². The van der Waals surface area contributed by atoms with E-state index in [2.05, 4.69) is 20.1 Å². The van der Waals surface area contributed by atoms with E-state index >= 15 is 0 Å². The van der Waals surface area contributed by atoms with Gasteiger partial charge in [-0.2, -0.15) is 13.9 Å². The number of hydrogen-bond acceptors (Lipinski definition) is 6. The van der Waals surface area contributed by atoms with Crippen LogP contribution in [0.5, 0.6) is 11.6 Å². The van der Waals surface area contributed by atoms with E-state index in [4.69, 9.17) is 9.47 Å². The number of rotatable bonds is 7. The van der Waals surface area contributed by atoms with E-state index in [0.717, 1.165) is 18.2 Å². The van der Waals surface area contributed by atoms with E-state index in [1.807, 2.05) is 24.7 Å². The summed E-state index contributed by atoms with van der Waals surface area (Å²) in [4.78, 5) is 16.9. The standard InChI is InChI=1S/C22H24F2N4O4/c1-13(2)31-19-11-18-14(12-28(27-18)15-5-8-30-9-6-15)10-16(19)20(29)26-17-4-3-7-25-21(17)32-22(23)24/h3-4,7,10-13,15,22H,5-6,8-9H2,1-2H3,(H,26,29). The highest BCUT2D eigenvalue weighted by Crippen LogP contribution is 2.31. The van der Waals surface area contributed by atoms with Crippen LogP contribution in [0.15, 0.2) is 36.7 Å². The smallest absolute Gasteiger partial charge is 0.388 e. The highest BCUT2D eigenvalue weighted by Gasteiger charge is 2.22. The molecule has 0 aliphatic carbocycles. The zero-order valence-corrected chi connectivity index (χ0v) is 17.8. The van der Waals surface area contributed by atoms with Gasteiger partial charge < -0.3 is 19.5 Å². The minimum absolute atomic E-state index is 0.0336. The molecule has 0 bridgehead atoms. The molecule has 0 unspecified atom stereocenters. The molecule has 1 aliphatic rings. The van der Waals surface area contributed by atoms with E-state index in [-0.39, 0.29) is 29.3 Å². The third kappa shape index (κ3) is 4.96. The summed E-state index contributed by atoms with van der Waals surface area (Å²) in [5.74, 6) is -0.550. The number of hydrogen-bond donors (Lipinski definition) is 1. The Kier molecular flexibility index (Phi) is 6.50. The van der Waals surface area contributed by atoms with Gasteiger partial charge in [-0.15, -0.1) is 0 Å². The van der Waals surface area contributed by atoms with Crippen molar-refractivity contribution in [1.82, 2.24) is 14.8 Å². The number of ether oxygens (including phenoxy) is 3. The van der Waals surface area contributed by atoms with Crippen molar-refractivity contribution in [3.8, 4) is 11.6 Å². The van der Waals surface area contributed by atoms with Gasteiger partial charge in [-0.25, -0.2) is 4.98 Å². The largest absolute Gasteiger partial charge is 0.490 e. The average Bonchev–Trinajstić information content (AvgIpc) is 3.17. The number of fused-ring (bicyclic) bond motifs is 1. The van der Waals surface area contributed by atoms with Crippen LogP contribution < -0.4 is 14.8 Å². The first-order valence-corrected chi connectivity index (χ1v) is 10.4. The number of carbonyl (C=O) groups excluding carboxylic acids is 1. The number of nitrogens with zero attached hydrogens (tertiary/aromatic N) is 3. The molecule has 0 spiro atoms. The van der Waals surface area contributed by atoms with Crippen molar-refractivity contribution >= 4 is 22.5 Å². The van der Waals surface area contributed by atoms with Crippen molar-refractivity contribution in [1.29, 1.82) is 0 Å². The van der Waals surface area contributed by atoms with E-state index in [1.54, 1.807) is 12.1 Å². The third-order valence-corrected chi connectivity index (χ3v) is 5.02. The van der Waals surface area contributed by atoms with Crippen LogP contribution in [0.1, 0.15) is 43.1 Å². The van der Waals surface area contributed by atoms with Gasteiger partial charge in [0.2, 0.25) is 5.88 Å². The molecule has 4 rings (SSSR count). The van der Waals surface area contributed by atoms with Gasteiger partial charge in [-0.3, -0.25) is 9.48 Å². The summed E-state index contributed by atoms with van der Waals surface area (Å²) in [7, 11) is 0. The Morgan fingerprint density at radius 3 is 2.75 bits per heavy atom. The van der Waals surface area contributed by atoms with Crippen LogP contribution >= 0.6 is 0 Å². The zero-order valence-electron chi connectivity index (χ0n) is 17.8. The number of pyridine rings is 1. The molecule has 8 nitrogen and oxygen atoms in total. The fraction of sp³-hybridized carbons (Fsp3) is 0.409. The number of amides is 1. The molecule has 1 aliphatic heterocycles. The number of carbonyl (C=O) groups is 1. The first kappa shape index (κ1) is 21.9. The number of benzene rings is 1. The van der Waals surface area contributed by atoms with E-state index in [1.165, 1.54) is 18.3 Å². The fourth-order valence-electron chi connectivity index (χ4n) is 3.59. The van der Waals surface area contributed by atoms with Gasteiger partial charge >= 0.3 is 6.61 Å². The Hall–Kier alpha value is -3.27. The molecule has 1 aromatic carbocycles. The highest BCUT2D eigenvalue weighted by atomic mass is 19.3. The third-order valence-electron chi connectivity index (χ3n) is 5.02. The van der Waals surface area contributed by atoms with Crippen LogP contribution in [0.2, 0.25) is 0 Å². The molecule has 0 saturated carbocycles. The van der Waals surface area contributed by atoms with Crippen molar-refractivity contribution in [2.45, 2.75) is 45.4 Å². The molecule has 0 atom stereocenters. The summed E-state index contributed by atoms with van der Waals surface area (Å²) in [6.45, 7) is 2.01. The Balaban J connectivity index is 1.67. The summed E-state index contributed by atoms with van der Waals surface area (Å²) in [5, 5.41) is 8.04. The molecule has 3 aromatic rings. The molecule has 170 valence electrons. The maximum absolute atomic E-state index is 13.1. The second-order valence-corrected chi connectivity index (χ2v) is 7.72. The maximum Gasteiger partial charge on any atom is 0.388 e. The van der Waals surface area contributed by atoms with Gasteiger partial charge in [0.05, 0.1) is 23.2 Å². The Bertz CT molecular complexity index is 1100. The van der Waals surface area contributed by atoms with Gasteiger partial charge in [-0.05, 0) is 44.9 Å². The lowest BCUT2D eigenvalue weighted by atomic mass is 10.1. The number of aromatic nitrogens is 3. The van der Waals surface area contributed by atoms with Crippen molar-refractivity contribution in [2.24, 2.45) is 0 Å². The summed E-state index contributed by atoms with van der Waals surface area (Å²) in [6, 6.07) is 6.59. The summed E-state index contributed by atoms with van der Waals surface area (Å²) in [5.41, 5.74) is 0.989. The van der Waals surface area contributed by atoms with Crippen LogP contribution in [-0.4, -0.2) is 46.6 Å². The van der Waals surface area contributed by atoms with Gasteiger partial charge in [0, 0.05) is 37.1 Å². The predicted molar refractivity (Wildman–Crippen MR) is 113 cm³/mol. The quantitative estimate of drug-likeness (QED) is 0.578. The summed E-state index contributed by atoms with van der Waals surface area (Å²) >= 11 is 0. The molecule has 1 saturated heterocycles. The lowest BCUT2D eigenvalue weighted by Crippen LogP contribution is -2.19. The highest BCUT2D eigenvalue weighted by molar-refractivity contribution is 6.08. The average molecular weight is 446 g/mol. The molecule has 1 amide bonds. The Morgan fingerprint density at radius 2 is 2.03 bits per heavy atom. The van der Waals surface area contributed by atoms with E-state index < -0.39 is 12.5 Å². The Morgan fingerprint density at radius 1 is 1.25 bits per heavy atom. The van der Waals surface area contributed by atoms with Gasteiger partial charge in [0.15, 0.2) is 0 Å². The molecule has 3 heterocycles. The van der Waals surface area contributed by atoms with E-state index in [0.29, 0.717) is 24.5 Å². The first-order chi connectivity index (χ1) is 15.4. The minimum Gasteiger partial charge on any atom is -0.490 e. The van der Waals surface area contributed by atoms with Crippen LogP contribution in [0.4, 0.5) is 14.5 Å². The first-order valence-electron chi connectivity index (χ1n) is 10.4. The zero-order chi connectivity index (χ0) is 22.7. The van der Waals surface area contributed by atoms with Gasteiger partial charge in [0.1, 0.15) is 11.4 Å². The predicted octanol–water partition coefficient (Wildman–Crippen LogP) is 4.42. The van der Waals surface area contributed by atoms with Gasteiger partial charge in [0.25, 0.3) is 5.91 Å². The van der Waals surface area contributed by atoms with Crippen LogP contribution in [-0.2, 0) is 4.74 Å². The molecular weight excluding hydrogens is 422 g/mol. The van der Waals surface area contributed by atoms with Crippen LogP contribution in [0.3, 0.4) is 0 Å². The molecular formula is C22H24F2N4O4. The number of anilines is 1. The molecule has 1 fully saturated rings. The second-order valence-electron chi connectivity index (χ2n) is 7.72. The van der Waals surface area contributed by atoms with Crippen molar-refractivity contribution in [3.63, 3.8) is 0 Å². The molecule has 10 heteroatoms. The SMILES string of the molecule is CC(C)Oc1cc2nn(C3CCOCC3)cc2cc1C(=O)Nc1cccnc1OC(F)F. The topological polar surface area (TPSA) is 87.5 Å². The van der Waals surface area contributed by atoms with Gasteiger partial charge in [-0.1, -0.05) is 0 Å². The molecule has 32 heavy (non-hydrogen) atoms. The molecule has 1 N–H and O–H groups in total. The van der Waals surface area contributed by atoms with Crippen LogP contribution in [0, 0.1) is 0 Å². The summed E-state index contributed by atoms with van der Waals surface area (Å²) < 4.78 is 43.0. The van der Waals surface area contributed by atoms with Crippen molar-refractivity contribution in [2.75, 3.05) is 18.5 Å². The second kappa shape index (κ2) is 9.47. The monoisotopic (exact) mass is 446 g/mol. The number of halogens is 2. The number of nitrogens with one attached hydrogen (secondary N) is 1. The lowest BCUT2D eigenvalue weighted by Gasteiger charge is -2.22. The van der Waals surface area contributed by atoms with E-state index in [9.17, 15) is 13.6 Å². The number of alkyl halides is 2.